The van der Waals surface area contributed by atoms with Gasteiger partial charge in [0.15, 0.2) is 5.82 Å². The Morgan fingerprint density at radius 1 is 0.348 bits per heavy atom. The highest BCUT2D eigenvalue weighted by molar-refractivity contribution is 5.97. The maximum absolute atomic E-state index is 5.14. The van der Waals surface area contributed by atoms with Crippen LogP contribution in [0.1, 0.15) is 0 Å². The van der Waals surface area contributed by atoms with Gasteiger partial charge in [-0.05, 0) is 62.4 Å². The normalized spacial score (nSPS) is 11.0. The summed E-state index contributed by atoms with van der Waals surface area (Å²) in [7, 11) is 0. The Hall–Kier alpha value is -6.19. The largest absolute Gasteiger partial charge is 0.264 e. The van der Waals surface area contributed by atoms with Gasteiger partial charge in [0.2, 0.25) is 0 Å². The van der Waals surface area contributed by atoms with Crippen molar-refractivity contribution in [3.8, 4) is 67.3 Å². The Morgan fingerprint density at radius 3 is 1.70 bits per heavy atom. The quantitative estimate of drug-likeness (QED) is 0.194. The Balaban J connectivity index is 1.23. The first-order valence-corrected chi connectivity index (χ1v) is 15.4. The average Bonchev–Trinajstić information content (AvgIpc) is 3.15. The zero-order chi connectivity index (χ0) is 30.7. The molecular formula is C43H29N3. The number of aromatic nitrogens is 3. The number of fused-ring (bicyclic) bond motifs is 1. The maximum atomic E-state index is 5.14. The fourth-order valence-electron chi connectivity index (χ4n) is 6.00. The zero-order valence-corrected chi connectivity index (χ0v) is 25.1. The number of nitrogens with zero attached hydrogens (tertiary/aromatic N) is 3. The molecule has 0 aliphatic carbocycles. The van der Waals surface area contributed by atoms with Gasteiger partial charge in [-0.2, -0.15) is 0 Å². The summed E-state index contributed by atoms with van der Waals surface area (Å²) in [4.78, 5) is 14.5. The fraction of sp³-hybridized carbons (Fsp3) is 0. The standard InChI is InChI=1S/C43H29N3/c1-2-9-30(10-3-1)31-18-22-34(23-19-31)41-28-42(46-43(45-41)35-24-20-32(21-25-35)38-15-8-26-44-29-38)37-14-6-13-36(27-37)40-17-7-12-33-11-4-5-16-39(33)40/h1-29H. The molecule has 0 spiro atoms. The Kier molecular flexibility index (Phi) is 7.18. The van der Waals surface area contributed by atoms with Crippen molar-refractivity contribution in [1.82, 2.24) is 15.0 Å². The van der Waals surface area contributed by atoms with E-state index < -0.39 is 0 Å². The van der Waals surface area contributed by atoms with E-state index in [1.54, 1.807) is 6.20 Å². The van der Waals surface area contributed by atoms with Gasteiger partial charge in [0.05, 0.1) is 11.4 Å². The SMILES string of the molecule is c1ccc(-c2ccc(-c3cc(-c4cccc(-c5cccc6ccccc56)c4)nc(-c4ccc(-c5cccnc5)cc4)n3)cc2)cc1. The second kappa shape index (κ2) is 12.1. The lowest BCUT2D eigenvalue weighted by Gasteiger charge is -2.12. The van der Waals surface area contributed by atoms with Gasteiger partial charge >= 0.3 is 0 Å². The molecule has 0 saturated carbocycles. The first-order valence-electron chi connectivity index (χ1n) is 15.4. The Morgan fingerprint density at radius 2 is 0.913 bits per heavy atom. The predicted octanol–water partition coefficient (Wildman–Crippen LogP) is 11.0. The third kappa shape index (κ3) is 5.47. The second-order valence-corrected chi connectivity index (χ2v) is 11.3. The summed E-state index contributed by atoms with van der Waals surface area (Å²) in [6.45, 7) is 0. The maximum Gasteiger partial charge on any atom is 0.160 e. The van der Waals surface area contributed by atoms with Gasteiger partial charge < -0.3 is 0 Å². The van der Waals surface area contributed by atoms with E-state index in [9.17, 15) is 0 Å². The fourth-order valence-corrected chi connectivity index (χ4v) is 6.00. The first-order chi connectivity index (χ1) is 22.8. The minimum absolute atomic E-state index is 0.688. The van der Waals surface area contributed by atoms with Crippen molar-refractivity contribution in [3.63, 3.8) is 0 Å². The van der Waals surface area contributed by atoms with Crippen molar-refractivity contribution in [1.29, 1.82) is 0 Å². The van der Waals surface area contributed by atoms with Crippen molar-refractivity contribution in [2.24, 2.45) is 0 Å². The number of pyridine rings is 1. The third-order valence-electron chi connectivity index (χ3n) is 8.41. The molecule has 6 aromatic carbocycles. The molecule has 8 rings (SSSR count). The molecule has 0 aliphatic heterocycles. The minimum atomic E-state index is 0.688. The number of hydrogen-bond donors (Lipinski definition) is 0. The van der Waals surface area contributed by atoms with E-state index in [1.807, 2.05) is 18.3 Å². The van der Waals surface area contributed by atoms with E-state index in [2.05, 4.69) is 157 Å². The van der Waals surface area contributed by atoms with Crippen LogP contribution in [-0.2, 0) is 0 Å². The highest BCUT2D eigenvalue weighted by Crippen LogP contribution is 2.34. The van der Waals surface area contributed by atoms with E-state index >= 15 is 0 Å². The first kappa shape index (κ1) is 27.4. The minimum Gasteiger partial charge on any atom is -0.264 e. The van der Waals surface area contributed by atoms with Crippen LogP contribution in [0.15, 0.2) is 176 Å². The molecule has 0 fully saturated rings. The van der Waals surface area contributed by atoms with Gasteiger partial charge in [-0.1, -0.05) is 146 Å². The van der Waals surface area contributed by atoms with Gasteiger partial charge in [0.1, 0.15) is 0 Å². The van der Waals surface area contributed by atoms with Crippen LogP contribution < -0.4 is 0 Å². The monoisotopic (exact) mass is 587 g/mol. The van der Waals surface area contributed by atoms with E-state index in [0.29, 0.717) is 5.82 Å². The summed E-state index contributed by atoms with van der Waals surface area (Å²) in [5, 5.41) is 2.46. The molecular weight excluding hydrogens is 558 g/mol. The van der Waals surface area contributed by atoms with Crippen LogP contribution in [0, 0.1) is 0 Å². The van der Waals surface area contributed by atoms with Crippen LogP contribution in [0.5, 0.6) is 0 Å². The lowest BCUT2D eigenvalue weighted by Crippen LogP contribution is -1.96. The summed E-state index contributed by atoms with van der Waals surface area (Å²) in [5.74, 6) is 0.688. The summed E-state index contributed by atoms with van der Waals surface area (Å²) in [6, 6.07) is 57.3. The summed E-state index contributed by atoms with van der Waals surface area (Å²) in [6.07, 6.45) is 3.67. The second-order valence-electron chi connectivity index (χ2n) is 11.3. The van der Waals surface area contributed by atoms with Crippen LogP contribution in [0.2, 0.25) is 0 Å². The van der Waals surface area contributed by atoms with E-state index in [1.165, 1.54) is 27.5 Å². The molecule has 0 aliphatic rings. The lowest BCUT2D eigenvalue weighted by molar-refractivity contribution is 1.18. The molecule has 0 bridgehead atoms. The molecule has 0 atom stereocenters. The highest BCUT2D eigenvalue weighted by Gasteiger charge is 2.13. The molecule has 0 unspecified atom stereocenters. The van der Waals surface area contributed by atoms with E-state index in [-0.39, 0.29) is 0 Å². The molecule has 3 nitrogen and oxygen atoms in total. The summed E-state index contributed by atoms with van der Waals surface area (Å²) >= 11 is 0. The smallest absolute Gasteiger partial charge is 0.160 e. The van der Waals surface area contributed by atoms with Gasteiger partial charge in [-0.15, -0.1) is 0 Å². The highest BCUT2D eigenvalue weighted by atomic mass is 14.9. The topological polar surface area (TPSA) is 38.7 Å². The number of hydrogen-bond acceptors (Lipinski definition) is 3. The summed E-state index contributed by atoms with van der Waals surface area (Å²) < 4.78 is 0. The van der Waals surface area contributed by atoms with Crippen LogP contribution in [0.25, 0.3) is 78.1 Å². The van der Waals surface area contributed by atoms with Gasteiger partial charge in [-0.25, -0.2) is 9.97 Å². The van der Waals surface area contributed by atoms with Gasteiger partial charge in [0, 0.05) is 29.1 Å². The molecule has 2 heterocycles. The van der Waals surface area contributed by atoms with Crippen molar-refractivity contribution >= 4 is 10.8 Å². The molecule has 0 amide bonds. The molecule has 0 N–H and O–H groups in total. The van der Waals surface area contributed by atoms with Crippen molar-refractivity contribution < 1.29 is 0 Å². The number of rotatable bonds is 6. The van der Waals surface area contributed by atoms with Crippen LogP contribution in [-0.4, -0.2) is 15.0 Å². The van der Waals surface area contributed by atoms with E-state index in [4.69, 9.17) is 9.97 Å². The molecule has 0 saturated heterocycles. The molecule has 3 heteroatoms. The zero-order valence-electron chi connectivity index (χ0n) is 25.1. The van der Waals surface area contributed by atoms with Gasteiger partial charge in [0.25, 0.3) is 0 Å². The average molecular weight is 588 g/mol. The molecule has 216 valence electrons. The third-order valence-corrected chi connectivity index (χ3v) is 8.41. The molecule has 0 radical (unpaired) electrons. The molecule has 2 aromatic heterocycles. The van der Waals surface area contributed by atoms with E-state index in [0.717, 1.165) is 44.8 Å². The van der Waals surface area contributed by atoms with Crippen molar-refractivity contribution in [2.75, 3.05) is 0 Å². The Labute approximate surface area is 268 Å². The summed E-state index contributed by atoms with van der Waals surface area (Å²) in [5.41, 5.74) is 11.7. The van der Waals surface area contributed by atoms with Crippen LogP contribution in [0.3, 0.4) is 0 Å². The predicted molar refractivity (Wildman–Crippen MR) is 190 cm³/mol. The molecule has 46 heavy (non-hydrogen) atoms. The lowest BCUT2D eigenvalue weighted by atomic mass is 9.96. The van der Waals surface area contributed by atoms with Crippen molar-refractivity contribution in [3.05, 3.63) is 176 Å². The van der Waals surface area contributed by atoms with Crippen molar-refractivity contribution in [2.45, 2.75) is 0 Å². The van der Waals surface area contributed by atoms with Crippen LogP contribution >= 0.6 is 0 Å². The Bertz CT molecular complexity index is 2170. The number of benzene rings is 6. The van der Waals surface area contributed by atoms with Crippen LogP contribution in [0.4, 0.5) is 0 Å². The van der Waals surface area contributed by atoms with Gasteiger partial charge in [-0.3, -0.25) is 4.98 Å². The molecule has 8 aromatic rings.